The van der Waals surface area contributed by atoms with Crippen LogP contribution in [0.2, 0.25) is 0 Å². The van der Waals surface area contributed by atoms with Gasteiger partial charge in [-0.3, -0.25) is 13.9 Å². The minimum atomic E-state index is -0.0811. The second kappa shape index (κ2) is 8.90. The summed E-state index contributed by atoms with van der Waals surface area (Å²) < 4.78 is 3.83. The molecular formula is C24H26N6O2S. The van der Waals surface area contributed by atoms with Gasteiger partial charge in [0.1, 0.15) is 5.82 Å². The van der Waals surface area contributed by atoms with Gasteiger partial charge in [0, 0.05) is 24.8 Å². The number of carbonyl (C=O) groups is 1. The molecule has 4 aromatic rings. The van der Waals surface area contributed by atoms with E-state index >= 15 is 0 Å². The zero-order valence-corrected chi connectivity index (χ0v) is 19.5. The van der Waals surface area contributed by atoms with Crippen LogP contribution in [0, 0.1) is 13.8 Å². The van der Waals surface area contributed by atoms with Gasteiger partial charge in [-0.2, -0.15) is 0 Å². The number of amides is 1. The van der Waals surface area contributed by atoms with Crippen molar-refractivity contribution in [2.45, 2.75) is 37.9 Å². The first kappa shape index (κ1) is 21.5. The van der Waals surface area contributed by atoms with Crippen molar-refractivity contribution in [2.75, 3.05) is 18.8 Å². The number of nitrogens with zero attached hydrogens (tertiary/aromatic N) is 5. The summed E-state index contributed by atoms with van der Waals surface area (Å²) in [5.74, 6) is 1.18. The summed E-state index contributed by atoms with van der Waals surface area (Å²) in [6.45, 7) is 5.24. The fourth-order valence-electron chi connectivity index (χ4n) is 4.53. The lowest BCUT2D eigenvalue weighted by atomic mass is 10.0. The third kappa shape index (κ3) is 4.20. The second-order valence-corrected chi connectivity index (χ2v) is 9.36. The van der Waals surface area contributed by atoms with Gasteiger partial charge in [0.15, 0.2) is 5.16 Å². The van der Waals surface area contributed by atoms with E-state index in [2.05, 4.69) is 21.2 Å². The van der Waals surface area contributed by atoms with Crippen molar-refractivity contribution in [1.82, 2.24) is 29.2 Å². The Morgan fingerprint density at radius 3 is 2.67 bits per heavy atom. The third-order valence-corrected chi connectivity index (χ3v) is 7.10. The number of likely N-dealkylation sites (tertiary alicyclic amines) is 1. The normalized spacial score (nSPS) is 14.8. The molecule has 5 rings (SSSR count). The van der Waals surface area contributed by atoms with Gasteiger partial charge in [0.05, 0.1) is 16.8 Å². The van der Waals surface area contributed by atoms with Crippen molar-refractivity contribution in [3.63, 3.8) is 0 Å². The first-order valence-corrected chi connectivity index (χ1v) is 12.1. The number of para-hydroxylation sites is 2. The Hall–Kier alpha value is -3.33. The van der Waals surface area contributed by atoms with Crippen LogP contribution in [0.25, 0.3) is 16.7 Å². The molecule has 0 aliphatic carbocycles. The Morgan fingerprint density at radius 1 is 1.09 bits per heavy atom. The molecule has 8 nitrogen and oxygen atoms in total. The molecule has 1 aliphatic heterocycles. The SMILES string of the molecule is Cc1cccc(-n2c(C)nnc2SCC(=O)N2CCC(n3c(=O)[nH]c4ccccc43)CC2)c1. The summed E-state index contributed by atoms with van der Waals surface area (Å²) in [5.41, 5.74) is 3.85. The Kier molecular flexibility index (Phi) is 5.80. The standard InChI is InChI=1S/C24H26N6O2S/c1-16-6-5-7-19(14-16)29-17(2)26-27-24(29)33-15-22(31)28-12-10-18(11-13-28)30-21-9-4-3-8-20(21)25-23(30)32/h3-9,14,18H,10-13,15H2,1-2H3,(H,25,32). The van der Waals surface area contributed by atoms with Crippen molar-refractivity contribution in [3.05, 3.63) is 70.4 Å². The van der Waals surface area contributed by atoms with Gasteiger partial charge in [-0.1, -0.05) is 36.0 Å². The number of piperidine rings is 1. The molecule has 33 heavy (non-hydrogen) atoms. The lowest BCUT2D eigenvalue weighted by Crippen LogP contribution is -2.41. The number of aromatic nitrogens is 5. The molecule has 1 amide bonds. The fraction of sp³-hybridized carbons (Fsp3) is 0.333. The average molecular weight is 463 g/mol. The number of nitrogens with one attached hydrogen (secondary N) is 1. The quantitative estimate of drug-likeness (QED) is 0.459. The van der Waals surface area contributed by atoms with Gasteiger partial charge in [-0.05, 0) is 56.5 Å². The zero-order chi connectivity index (χ0) is 22.9. The van der Waals surface area contributed by atoms with E-state index in [1.807, 2.05) is 70.3 Å². The molecule has 2 aromatic carbocycles. The molecule has 1 N–H and O–H groups in total. The van der Waals surface area contributed by atoms with E-state index < -0.39 is 0 Å². The number of rotatable bonds is 5. The number of carbonyl (C=O) groups excluding carboxylic acids is 1. The smallest absolute Gasteiger partial charge is 0.326 e. The number of imidazole rings is 1. The molecule has 0 saturated carbocycles. The summed E-state index contributed by atoms with van der Waals surface area (Å²) in [5, 5.41) is 9.22. The van der Waals surface area contributed by atoms with Crippen LogP contribution in [0.1, 0.15) is 30.3 Å². The molecule has 0 spiro atoms. The number of benzene rings is 2. The number of hydrogen-bond donors (Lipinski definition) is 1. The highest BCUT2D eigenvalue weighted by Crippen LogP contribution is 2.27. The number of hydrogen-bond acceptors (Lipinski definition) is 5. The number of thioether (sulfide) groups is 1. The van der Waals surface area contributed by atoms with E-state index in [1.165, 1.54) is 11.8 Å². The van der Waals surface area contributed by atoms with E-state index in [-0.39, 0.29) is 17.6 Å². The number of fused-ring (bicyclic) bond motifs is 1. The van der Waals surface area contributed by atoms with Crippen molar-refractivity contribution in [2.24, 2.45) is 0 Å². The van der Waals surface area contributed by atoms with Crippen LogP contribution in [0.3, 0.4) is 0 Å². The van der Waals surface area contributed by atoms with Gasteiger partial charge in [0.25, 0.3) is 0 Å². The van der Waals surface area contributed by atoms with Crippen LogP contribution >= 0.6 is 11.8 Å². The largest absolute Gasteiger partial charge is 0.342 e. The third-order valence-electron chi connectivity index (χ3n) is 6.19. The van der Waals surface area contributed by atoms with E-state index in [0.717, 1.165) is 41.0 Å². The lowest BCUT2D eigenvalue weighted by Gasteiger charge is -2.32. The fourth-order valence-corrected chi connectivity index (χ4v) is 5.43. The molecule has 1 fully saturated rings. The molecule has 1 aliphatic rings. The highest BCUT2D eigenvalue weighted by atomic mass is 32.2. The highest BCUT2D eigenvalue weighted by Gasteiger charge is 2.26. The molecule has 170 valence electrons. The lowest BCUT2D eigenvalue weighted by molar-refractivity contribution is -0.129. The number of aryl methyl sites for hydroxylation is 2. The van der Waals surface area contributed by atoms with Crippen molar-refractivity contribution in [3.8, 4) is 5.69 Å². The van der Waals surface area contributed by atoms with Crippen LogP contribution < -0.4 is 5.69 Å². The van der Waals surface area contributed by atoms with Crippen LogP contribution in [0.4, 0.5) is 0 Å². The molecular weight excluding hydrogens is 436 g/mol. The predicted molar refractivity (Wildman–Crippen MR) is 129 cm³/mol. The minimum absolute atomic E-state index is 0.0811. The maximum atomic E-state index is 12.9. The topological polar surface area (TPSA) is 88.8 Å². The Balaban J connectivity index is 1.23. The van der Waals surface area contributed by atoms with E-state index in [0.29, 0.717) is 24.0 Å². The summed E-state index contributed by atoms with van der Waals surface area (Å²) in [7, 11) is 0. The molecule has 2 aromatic heterocycles. The molecule has 1 saturated heterocycles. The molecule has 0 radical (unpaired) electrons. The monoisotopic (exact) mass is 462 g/mol. The molecule has 0 atom stereocenters. The van der Waals surface area contributed by atoms with Crippen LogP contribution in [0.5, 0.6) is 0 Å². The van der Waals surface area contributed by atoms with Gasteiger partial charge in [-0.15, -0.1) is 10.2 Å². The summed E-state index contributed by atoms with van der Waals surface area (Å²) in [4.78, 5) is 30.2. The van der Waals surface area contributed by atoms with Crippen molar-refractivity contribution < 1.29 is 4.79 Å². The van der Waals surface area contributed by atoms with Crippen molar-refractivity contribution in [1.29, 1.82) is 0 Å². The zero-order valence-electron chi connectivity index (χ0n) is 18.7. The van der Waals surface area contributed by atoms with Crippen LogP contribution in [-0.4, -0.2) is 54.0 Å². The van der Waals surface area contributed by atoms with Gasteiger partial charge < -0.3 is 9.88 Å². The first-order valence-electron chi connectivity index (χ1n) is 11.1. The van der Waals surface area contributed by atoms with Gasteiger partial charge >= 0.3 is 5.69 Å². The molecule has 0 unspecified atom stereocenters. The van der Waals surface area contributed by atoms with E-state index in [4.69, 9.17) is 0 Å². The summed E-state index contributed by atoms with van der Waals surface area (Å²) >= 11 is 1.41. The maximum absolute atomic E-state index is 12.9. The van der Waals surface area contributed by atoms with Crippen LogP contribution in [0.15, 0.2) is 58.5 Å². The van der Waals surface area contributed by atoms with Gasteiger partial charge in [0.2, 0.25) is 5.91 Å². The molecule has 3 heterocycles. The Bertz CT molecular complexity index is 1360. The predicted octanol–water partition coefficient (Wildman–Crippen LogP) is 3.48. The number of H-pyrrole nitrogens is 1. The first-order chi connectivity index (χ1) is 16.0. The Labute approximate surface area is 195 Å². The number of aromatic amines is 1. The minimum Gasteiger partial charge on any atom is -0.342 e. The Morgan fingerprint density at radius 2 is 1.88 bits per heavy atom. The second-order valence-electron chi connectivity index (χ2n) is 8.42. The van der Waals surface area contributed by atoms with Crippen LogP contribution in [-0.2, 0) is 4.79 Å². The molecule has 9 heteroatoms. The van der Waals surface area contributed by atoms with Crippen molar-refractivity contribution >= 4 is 28.7 Å². The van der Waals surface area contributed by atoms with E-state index in [1.54, 1.807) is 0 Å². The summed E-state index contributed by atoms with van der Waals surface area (Å²) in [6, 6.07) is 16.0. The summed E-state index contributed by atoms with van der Waals surface area (Å²) in [6.07, 6.45) is 1.52. The average Bonchev–Trinajstić information content (AvgIpc) is 3.36. The van der Waals surface area contributed by atoms with E-state index in [9.17, 15) is 9.59 Å². The maximum Gasteiger partial charge on any atom is 0.326 e. The molecule has 0 bridgehead atoms. The highest BCUT2D eigenvalue weighted by molar-refractivity contribution is 7.99. The van der Waals surface area contributed by atoms with Gasteiger partial charge in [-0.25, -0.2) is 4.79 Å².